The van der Waals surface area contributed by atoms with Crippen LogP contribution in [0.1, 0.15) is 40.5 Å². The van der Waals surface area contributed by atoms with Gasteiger partial charge in [-0.25, -0.2) is 4.79 Å². The van der Waals surface area contributed by atoms with E-state index in [2.05, 4.69) is 0 Å². The van der Waals surface area contributed by atoms with Gasteiger partial charge in [-0.1, -0.05) is 18.2 Å². The van der Waals surface area contributed by atoms with Gasteiger partial charge >= 0.3 is 5.97 Å². The van der Waals surface area contributed by atoms with Gasteiger partial charge in [0.05, 0.1) is 25.4 Å². The van der Waals surface area contributed by atoms with E-state index in [0.717, 1.165) is 22.6 Å². The first-order valence-electron chi connectivity index (χ1n) is 7.82. The van der Waals surface area contributed by atoms with Crippen molar-refractivity contribution in [2.75, 3.05) is 19.8 Å². The van der Waals surface area contributed by atoms with Crippen LogP contribution in [0.15, 0.2) is 30.3 Å². The van der Waals surface area contributed by atoms with Gasteiger partial charge in [-0.3, -0.25) is 0 Å². The average molecular weight is 315 g/mol. The third-order valence-electron chi connectivity index (χ3n) is 4.04. The van der Waals surface area contributed by atoms with Crippen molar-refractivity contribution in [2.45, 2.75) is 27.1 Å². The largest absolute Gasteiger partial charge is 0.462 e. The Balaban J connectivity index is 2.18. The van der Waals surface area contributed by atoms with Crippen LogP contribution in [0.3, 0.4) is 0 Å². The molecule has 1 aromatic carbocycles. The predicted octanol–water partition coefficient (Wildman–Crippen LogP) is 3.32. The van der Waals surface area contributed by atoms with E-state index < -0.39 is 6.29 Å². The fraction of sp³-hybridized carbons (Fsp3) is 0.389. The number of nitrogens with zero attached hydrogens (tertiary/aromatic N) is 1. The summed E-state index contributed by atoms with van der Waals surface area (Å²) in [7, 11) is 0. The molecule has 3 rings (SSSR count). The maximum absolute atomic E-state index is 12.5. The first kappa shape index (κ1) is 15.8. The molecule has 1 fully saturated rings. The van der Waals surface area contributed by atoms with Gasteiger partial charge < -0.3 is 18.8 Å². The molecule has 1 saturated heterocycles. The topological polar surface area (TPSA) is 49.7 Å². The molecule has 1 aromatic heterocycles. The van der Waals surface area contributed by atoms with Crippen LogP contribution in [0.25, 0.3) is 5.69 Å². The standard InChI is InChI=1S/C18H21NO4/c1-4-21-17(20)15-12(2)19(14-8-6-5-7-9-14)13(3)16(15)18-22-10-11-23-18/h5-9,18H,4,10-11H2,1-3H3. The third-order valence-corrected chi connectivity index (χ3v) is 4.04. The van der Waals surface area contributed by atoms with E-state index in [4.69, 9.17) is 14.2 Å². The molecule has 1 aliphatic rings. The molecule has 2 aromatic rings. The lowest BCUT2D eigenvalue weighted by Crippen LogP contribution is -2.11. The number of ether oxygens (including phenoxy) is 3. The summed E-state index contributed by atoms with van der Waals surface area (Å²) >= 11 is 0. The Hall–Kier alpha value is -2.11. The summed E-state index contributed by atoms with van der Waals surface area (Å²) in [5.41, 5.74) is 4.07. The lowest BCUT2D eigenvalue weighted by molar-refractivity contribution is -0.0453. The number of hydrogen-bond acceptors (Lipinski definition) is 4. The van der Waals surface area contributed by atoms with E-state index in [1.807, 2.05) is 48.7 Å². The Morgan fingerprint density at radius 2 is 1.83 bits per heavy atom. The van der Waals surface area contributed by atoms with Gasteiger partial charge in [-0.15, -0.1) is 0 Å². The number of carbonyl (C=O) groups is 1. The van der Waals surface area contributed by atoms with Crippen LogP contribution in [0.2, 0.25) is 0 Å². The van der Waals surface area contributed by atoms with Crippen molar-refractivity contribution in [3.05, 3.63) is 52.8 Å². The highest BCUT2D eigenvalue weighted by Crippen LogP contribution is 2.35. The minimum absolute atomic E-state index is 0.333. The number of para-hydroxylation sites is 1. The van der Waals surface area contributed by atoms with Crippen LogP contribution in [-0.2, 0) is 14.2 Å². The number of carbonyl (C=O) groups excluding carboxylic acids is 1. The summed E-state index contributed by atoms with van der Waals surface area (Å²) in [5.74, 6) is -0.336. The molecule has 0 spiro atoms. The zero-order valence-electron chi connectivity index (χ0n) is 13.7. The smallest absolute Gasteiger partial charge is 0.340 e. The molecule has 23 heavy (non-hydrogen) atoms. The summed E-state index contributed by atoms with van der Waals surface area (Å²) in [6, 6.07) is 9.93. The Bertz CT molecular complexity index is 700. The van der Waals surface area contributed by atoms with Crippen molar-refractivity contribution in [3.8, 4) is 5.69 Å². The van der Waals surface area contributed by atoms with E-state index in [1.54, 1.807) is 6.92 Å². The van der Waals surface area contributed by atoms with Crippen LogP contribution < -0.4 is 0 Å². The minimum atomic E-state index is -0.516. The Morgan fingerprint density at radius 3 is 2.43 bits per heavy atom. The van der Waals surface area contributed by atoms with Crippen LogP contribution in [-0.4, -0.2) is 30.4 Å². The van der Waals surface area contributed by atoms with Gasteiger partial charge in [-0.2, -0.15) is 0 Å². The van der Waals surface area contributed by atoms with Gasteiger partial charge in [0, 0.05) is 22.6 Å². The van der Waals surface area contributed by atoms with Crippen molar-refractivity contribution in [1.82, 2.24) is 4.57 Å². The molecule has 0 saturated carbocycles. The Kier molecular flexibility index (Phi) is 4.50. The van der Waals surface area contributed by atoms with Gasteiger partial charge in [0.2, 0.25) is 0 Å². The van der Waals surface area contributed by atoms with Crippen molar-refractivity contribution >= 4 is 5.97 Å². The number of benzene rings is 1. The Morgan fingerprint density at radius 1 is 1.17 bits per heavy atom. The fourth-order valence-corrected chi connectivity index (χ4v) is 3.10. The summed E-state index contributed by atoms with van der Waals surface area (Å²) in [6.45, 7) is 7.09. The van der Waals surface area contributed by atoms with E-state index >= 15 is 0 Å². The van der Waals surface area contributed by atoms with Crippen molar-refractivity contribution in [2.24, 2.45) is 0 Å². The lowest BCUT2D eigenvalue weighted by atomic mass is 10.1. The highest BCUT2D eigenvalue weighted by molar-refractivity contribution is 5.93. The van der Waals surface area contributed by atoms with Crippen molar-refractivity contribution < 1.29 is 19.0 Å². The van der Waals surface area contributed by atoms with Crippen LogP contribution in [0.5, 0.6) is 0 Å². The molecule has 5 heteroatoms. The first-order chi connectivity index (χ1) is 11.1. The average Bonchev–Trinajstić information content (AvgIpc) is 3.14. The highest BCUT2D eigenvalue weighted by atomic mass is 16.7. The molecule has 5 nitrogen and oxygen atoms in total. The monoisotopic (exact) mass is 315 g/mol. The third kappa shape index (κ3) is 2.78. The normalized spacial score (nSPS) is 15.1. The van der Waals surface area contributed by atoms with Gasteiger partial charge in [-0.05, 0) is 32.9 Å². The SMILES string of the molecule is CCOC(=O)c1c(C2OCCO2)c(C)n(-c2ccccc2)c1C. The zero-order valence-corrected chi connectivity index (χ0v) is 13.7. The molecular formula is C18H21NO4. The molecule has 0 atom stereocenters. The molecule has 0 radical (unpaired) electrons. The second kappa shape index (κ2) is 6.56. The number of rotatable bonds is 4. The molecule has 1 aliphatic heterocycles. The summed E-state index contributed by atoms with van der Waals surface area (Å²) in [5, 5.41) is 0. The van der Waals surface area contributed by atoms with Crippen LogP contribution >= 0.6 is 0 Å². The summed E-state index contributed by atoms with van der Waals surface area (Å²) in [6.07, 6.45) is -0.516. The second-order valence-electron chi connectivity index (χ2n) is 5.42. The molecule has 0 aliphatic carbocycles. The highest BCUT2D eigenvalue weighted by Gasteiger charge is 2.32. The van der Waals surface area contributed by atoms with E-state index in [9.17, 15) is 4.79 Å². The minimum Gasteiger partial charge on any atom is -0.462 e. The number of esters is 1. The summed E-state index contributed by atoms with van der Waals surface area (Å²) < 4.78 is 18.6. The zero-order chi connectivity index (χ0) is 16.4. The maximum Gasteiger partial charge on any atom is 0.340 e. The van der Waals surface area contributed by atoms with Crippen molar-refractivity contribution in [3.63, 3.8) is 0 Å². The molecule has 0 amide bonds. The molecule has 0 unspecified atom stereocenters. The molecule has 122 valence electrons. The van der Waals surface area contributed by atoms with Crippen molar-refractivity contribution in [1.29, 1.82) is 0 Å². The number of hydrogen-bond donors (Lipinski definition) is 0. The van der Waals surface area contributed by atoms with E-state index in [-0.39, 0.29) is 5.97 Å². The number of aromatic nitrogens is 1. The lowest BCUT2D eigenvalue weighted by Gasteiger charge is -2.12. The predicted molar refractivity (Wildman–Crippen MR) is 85.8 cm³/mol. The molecular weight excluding hydrogens is 294 g/mol. The maximum atomic E-state index is 12.5. The van der Waals surface area contributed by atoms with Crippen LogP contribution in [0.4, 0.5) is 0 Å². The molecule has 2 heterocycles. The van der Waals surface area contributed by atoms with Gasteiger partial charge in [0.15, 0.2) is 6.29 Å². The first-order valence-corrected chi connectivity index (χ1v) is 7.82. The second-order valence-corrected chi connectivity index (χ2v) is 5.42. The van der Waals surface area contributed by atoms with Crippen LogP contribution in [0, 0.1) is 13.8 Å². The quantitative estimate of drug-likeness (QED) is 0.812. The van der Waals surface area contributed by atoms with E-state index in [0.29, 0.717) is 25.4 Å². The van der Waals surface area contributed by atoms with Gasteiger partial charge in [0.1, 0.15) is 0 Å². The summed E-state index contributed by atoms with van der Waals surface area (Å²) in [4.78, 5) is 12.5. The van der Waals surface area contributed by atoms with E-state index in [1.165, 1.54) is 0 Å². The Labute approximate surface area is 135 Å². The molecule has 0 bridgehead atoms. The fourth-order valence-electron chi connectivity index (χ4n) is 3.10. The molecule has 0 N–H and O–H groups in total. The van der Waals surface area contributed by atoms with Gasteiger partial charge in [0.25, 0.3) is 0 Å².